The van der Waals surface area contributed by atoms with E-state index in [2.05, 4.69) is 20.5 Å². The molecule has 2 aliphatic rings. The second-order valence-electron chi connectivity index (χ2n) is 8.26. The smallest absolute Gasteiger partial charge is 0.354 e. The maximum Gasteiger partial charge on any atom is 0.354 e. The molecule has 2 saturated heterocycles. The highest BCUT2D eigenvalue weighted by molar-refractivity contribution is 5.88. The van der Waals surface area contributed by atoms with Crippen molar-refractivity contribution in [3.05, 3.63) is 52.6 Å². The third-order valence-corrected chi connectivity index (χ3v) is 6.06. The van der Waals surface area contributed by atoms with E-state index in [4.69, 9.17) is 10.5 Å². The fourth-order valence-electron chi connectivity index (χ4n) is 4.14. The van der Waals surface area contributed by atoms with Gasteiger partial charge in [0.05, 0.1) is 11.8 Å². The number of piperidine rings is 1. The summed E-state index contributed by atoms with van der Waals surface area (Å²) in [7, 11) is 1.70. The topological polar surface area (TPSA) is 118 Å². The summed E-state index contributed by atoms with van der Waals surface area (Å²) >= 11 is 0. The van der Waals surface area contributed by atoms with Crippen molar-refractivity contribution in [3.8, 4) is 5.69 Å². The van der Waals surface area contributed by atoms with Gasteiger partial charge in [-0.25, -0.2) is 9.59 Å². The summed E-state index contributed by atoms with van der Waals surface area (Å²) in [6.45, 7) is 5.33. The Balaban J connectivity index is 1.38. The third kappa shape index (κ3) is 5.33. The Morgan fingerprint density at radius 3 is 2.66 bits per heavy atom. The molecule has 1 aromatic heterocycles. The molecule has 10 nitrogen and oxygen atoms in total. The lowest BCUT2D eigenvalue weighted by Gasteiger charge is -2.36. The van der Waals surface area contributed by atoms with Gasteiger partial charge in [0.1, 0.15) is 5.82 Å². The molecule has 4 N–H and O–H groups in total. The molecule has 0 saturated carbocycles. The van der Waals surface area contributed by atoms with Crippen molar-refractivity contribution in [1.29, 1.82) is 0 Å². The lowest BCUT2D eigenvalue weighted by molar-refractivity contribution is 0.0140. The summed E-state index contributed by atoms with van der Waals surface area (Å²) in [5.41, 5.74) is 7.54. The molecule has 10 heteroatoms. The minimum Gasteiger partial charge on any atom is -0.379 e. The minimum absolute atomic E-state index is 0.0539. The second kappa shape index (κ2) is 10.2. The van der Waals surface area contributed by atoms with E-state index in [1.54, 1.807) is 24.3 Å². The van der Waals surface area contributed by atoms with Crippen LogP contribution in [0, 0.1) is 0 Å². The molecule has 2 amide bonds. The summed E-state index contributed by atoms with van der Waals surface area (Å²) in [6.07, 6.45) is 2.60. The molecule has 32 heavy (non-hydrogen) atoms. The maximum atomic E-state index is 12.5. The normalized spacial score (nSPS) is 22.0. The van der Waals surface area contributed by atoms with Crippen molar-refractivity contribution in [2.45, 2.75) is 25.1 Å². The number of hydrogen-bond donors (Lipinski definition) is 3. The fourth-order valence-corrected chi connectivity index (χ4v) is 4.14. The largest absolute Gasteiger partial charge is 0.379 e. The Morgan fingerprint density at radius 2 is 1.97 bits per heavy atom. The molecule has 4 rings (SSSR count). The van der Waals surface area contributed by atoms with Crippen LogP contribution < -0.4 is 22.1 Å². The number of nitrogens with two attached hydrogens (primary N) is 1. The molecule has 0 aliphatic carbocycles. The highest BCUT2D eigenvalue weighted by Crippen LogP contribution is 2.16. The number of amides is 2. The first kappa shape index (κ1) is 22.4. The average molecular weight is 442 g/mol. The van der Waals surface area contributed by atoms with Gasteiger partial charge in [0, 0.05) is 65.2 Å². The van der Waals surface area contributed by atoms with Gasteiger partial charge in [-0.1, -0.05) is 12.1 Å². The van der Waals surface area contributed by atoms with Crippen LogP contribution in [0.1, 0.15) is 12.0 Å². The van der Waals surface area contributed by atoms with Crippen LogP contribution in [0.25, 0.3) is 5.69 Å². The molecular weight excluding hydrogens is 410 g/mol. The number of likely N-dealkylation sites (tertiary alicyclic amines) is 1. The molecule has 1 aromatic carbocycles. The quantitative estimate of drug-likeness (QED) is 0.607. The Morgan fingerprint density at radius 1 is 1.22 bits per heavy atom. The summed E-state index contributed by atoms with van der Waals surface area (Å²) in [5, 5.41) is 5.90. The highest BCUT2D eigenvalue weighted by Gasteiger charge is 2.26. The van der Waals surface area contributed by atoms with Crippen molar-refractivity contribution >= 4 is 11.8 Å². The third-order valence-electron chi connectivity index (χ3n) is 6.06. The van der Waals surface area contributed by atoms with Gasteiger partial charge in [0.25, 0.3) is 0 Å². The molecule has 2 fully saturated rings. The van der Waals surface area contributed by atoms with Crippen molar-refractivity contribution in [2.24, 2.45) is 5.73 Å². The Labute approximate surface area is 187 Å². The number of aromatic nitrogens is 2. The van der Waals surface area contributed by atoms with E-state index in [0.717, 1.165) is 50.4 Å². The number of urea groups is 1. The fraction of sp³-hybridized carbons (Fsp3) is 0.500. The second-order valence-corrected chi connectivity index (χ2v) is 8.26. The monoisotopic (exact) mass is 441 g/mol. The molecule has 2 atom stereocenters. The number of methoxy groups -OCH3 is 1. The average Bonchev–Trinajstić information content (AvgIpc) is 2.81. The highest BCUT2D eigenvalue weighted by atomic mass is 16.5. The number of ether oxygens (including phenoxy) is 1. The molecule has 0 spiro atoms. The van der Waals surface area contributed by atoms with Gasteiger partial charge in [-0.2, -0.15) is 4.98 Å². The van der Waals surface area contributed by atoms with Crippen molar-refractivity contribution in [3.63, 3.8) is 0 Å². The number of carbonyl (C=O) groups excluding carboxylic acids is 1. The molecule has 0 bridgehead atoms. The van der Waals surface area contributed by atoms with Gasteiger partial charge < -0.3 is 20.7 Å². The summed E-state index contributed by atoms with van der Waals surface area (Å²) in [5.74, 6) is 0.252. The molecule has 172 valence electrons. The van der Waals surface area contributed by atoms with E-state index in [1.165, 1.54) is 4.57 Å². The van der Waals surface area contributed by atoms with Crippen LogP contribution in [-0.4, -0.2) is 83.9 Å². The molecule has 2 aliphatic heterocycles. The van der Waals surface area contributed by atoms with Gasteiger partial charge in [-0.15, -0.1) is 0 Å². The van der Waals surface area contributed by atoms with E-state index in [0.29, 0.717) is 13.1 Å². The minimum atomic E-state index is -0.441. The predicted octanol–water partition coefficient (Wildman–Crippen LogP) is 0.218. The van der Waals surface area contributed by atoms with E-state index >= 15 is 0 Å². The van der Waals surface area contributed by atoms with Crippen LogP contribution in [-0.2, 0) is 11.3 Å². The summed E-state index contributed by atoms with van der Waals surface area (Å²) in [4.78, 5) is 32.9. The number of nitrogens with zero attached hydrogens (tertiary/aromatic N) is 4. The Kier molecular flexibility index (Phi) is 7.15. The van der Waals surface area contributed by atoms with Gasteiger partial charge in [-0.3, -0.25) is 14.8 Å². The zero-order chi connectivity index (χ0) is 22.5. The maximum absolute atomic E-state index is 12.5. The van der Waals surface area contributed by atoms with Crippen LogP contribution >= 0.6 is 0 Å². The van der Waals surface area contributed by atoms with Crippen molar-refractivity contribution in [2.75, 3.05) is 51.7 Å². The first-order valence-corrected chi connectivity index (χ1v) is 11.0. The summed E-state index contributed by atoms with van der Waals surface area (Å²) in [6, 6.07) is 9.31. The van der Waals surface area contributed by atoms with E-state index in [9.17, 15) is 9.59 Å². The first-order chi connectivity index (χ1) is 15.5. The number of hydrogen-bond acceptors (Lipinski definition) is 7. The van der Waals surface area contributed by atoms with Gasteiger partial charge in [0.2, 0.25) is 0 Å². The van der Waals surface area contributed by atoms with E-state index < -0.39 is 5.69 Å². The zero-order valence-electron chi connectivity index (χ0n) is 18.4. The molecule has 3 heterocycles. The van der Waals surface area contributed by atoms with Crippen molar-refractivity contribution in [1.82, 2.24) is 24.7 Å². The number of carbonyl (C=O) groups is 1. The molecule has 2 aromatic rings. The van der Waals surface area contributed by atoms with Crippen LogP contribution in [0.2, 0.25) is 0 Å². The summed E-state index contributed by atoms with van der Waals surface area (Å²) < 4.78 is 6.95. The lowest BCUT2D eigenvalue weighted by atomic mass is 10.0. The van der Waals surface area contributed by atoms with Crippen LogP contribution in [0.3, 0.4) is 0 Å². The number of benzene rings is 1. The van der Waals surface area contributed by atoms with E-state index in [1.807, 2.05) is 24.3 Å². The molecule has 0 unspecified atom stereocenters. The number of piperazine rings is 1. The van der Waals surface area contributed by atoms with Crippen LogP contribution in [0.5, 0.6) is 0 Å². The molecular formula is C22H31N7O3. The number of rotatable bonds is 5. The Bertz CT molecular complexity index is 972. The SMILES string of the molecule is CO[C@@H]1CN(Cc2ccc(-n3ccc(NC(=O)N4CCNCC4)nc3=O)cc2)CC[C@H]1N. The van der Waals surface area contributed by atoms with E-state index in [-0.39, 0.29) is 24.0 Å². The number of anilines is 1. The lowest BCUT2D eigenvalue weighted by Crippen LogP contribution is -2.51. The number of nitrogens with one attached hydrogen (secondary N) is 2. The molecule has 0 radical (unpaired) electrons. The predicted molar refractivity (Wildman–Crippen MR) is 122 cm³/mol. The zero-order valence-corrected chi connectivity index (χ0v) is 18.4. The van der Waals surface area contributed by atoms with Gasteiger partial charge in [0.15, 0.2) is 0 Å². The van der Waals surface area contributed by atoms with Crippen LogP contribution in [0.4, 0.5) is 10.6 Å². The van der Waals surface area contributed by atoms with Crippen LogP contribution in [0.15, 0.2) is 41.3 Å². The van der Waals surface area contributed by atoms with Gasteiger partial charge >= 0.3 is 11.7 Å². The van der Waals surface area contributed by atoms with Gasteiger partial charge in [-0.05, 0) is 30.2 Å². The van der Waals surface area contributed by atoms with Crippen molar-refractivity contribution < 1.29 is 9.53 Å². The standard InChI is InChI=1S/C22H31N7O3/c1-32-19-15-27(10-6-18(19)23)14-16-2-4-17(5-3-16)29-11-7-20(26-22(29)31)25-21(30)28-12-8-24-9-13-28/h2-5,7,11,18-19,24H,6,8-10,12-15,23H2,1H3,(H,25,26,30,31)/t18-,19-/m1/s1. The Hall–Kier alpha value is -2.79. The first-order valence-electron chi connectivity index (χ1n) is 11.0.